The summed E-state index contributed by atoms with van der Waals surface area (Å²) in [5.74, 6) is -0.259. The summed E-state index contributed by atoms with van der Waals surface area (Å²) in [5, 5.41) is 19.6. The topological polar surface area (TPSA) is 82.5 Å². The average Bonchev–Trinajstić information content (AvgIpc) is 2.55. The third-order valence-electron chi connectivity index (χ3n) is 3.42. The smallest absolute Gasteiger partial charge is 0.426 e. The summed E-state index contributed by atoms with van der Waals surface area (Å²) in [6.07, 6.45) is 0. The van der Waals surface area contributed by atoms with E-state index in [2.05, 4.69) is 4.98 Å². The molecule has 108 valence electrons. The second kappa shape index (κ2) is 5.13. The summed E-state index contributed by atoms with van der Waals surface area (Å²) in [6, 6.07) is 15.6. The van der Waals surface area contributed by atoms with Gasteiger partial charge >= 0.3 is 5.69 Å². The third-order valence-corrected chi connectivity index (χ3v) is 5.25. The van der Waals surface area contributed by atoms with Crippen molar-refractivity contribution in [1.29, 1.82) is 5.39 Å². The van der Waals surface area contributed by atoms with E-state index < -0.39 is 9.84 Å². The first-order valence-electron chi connectivity index (χ1n) is 6.45. The lowest BCUT2D eigenvalue weighted by Crippen LogP contribution is -2.02. The van der Waals surface area contributed by atoms with Gasteiger partial charge in [0, 0.05) is 16.8 Å². The van der Waals surface area contributed by atoms with Crippen LogP contribution >= 0.6 is 0 Å². The van der Waals surface area contributed by atoms with Crippen LogP contribution in [0.3, 0.4) is 0 Å². The van der Waals surface area contributed by atoms with Gasteiger partial charge in [-0.25, -0.2) is 8.42 Å². The lowest BCUT2D eigenvalue weighted by Gasteiger charge is -2.08. The molecule has 0 aromatic heterocycles. The molecule has 3 aromatic rings. The van der Waals surface area contributed by atoms with E-state index in [1.807, 2.05) is 0 Å². The predicted octanol–water partition coefficient (Wildman–Crippen LogP) is 3.86. The number of rotatable bonds is 2. The summed E-state index contributed by atoms with van der Waals surface area (Å²) < 4.78 is 25.5. The number of benzene rings is 3. The van der Waals surface area contributed by atoms with Crippen LogP contribution in [0.25, 0.3) is 15.7 Å². The Kier molecular flexibility index (Phi) is 3.28. The Balaban J connectivity index is 2.34. The maximum absolute atomic E-state index is 12.8. The monoisotopic (exact) mass is 311 g/mol. The van der Waals surface area contributed by atoms with Gasteiger partial charge in [0.05, 0.1) is 9.79 Å². The molecular weight excluding hydrogens is 300 g/mol. The fourth-order valence-electron chi connectivity index (χ4n) is 2.34. The van der Waals surface area contributed by atoms with Gasteiger partial charge in [-0.1, -0.05) is 30.3 Å². The minimum Gasteiger partial charge on any atom is -0.501 e. The number of aromatic hydroxyl groups is 1. The number of diazo groups is 1. The molecule has 0 saturated heterocycles. The van der Waals surface area contributed by atoms with E-state index in [9.17, 15) is 13.5 Å². The maximum Gasteiger partial charge on any atom is 0.426 e. The third kappa shape index (κ3) is 2.08. The van der Waals surface area contributed by atoms with Crippen LogP contribution in [0.15, 0.2) is 70.5 Å². The van der Waals surface area contributed by atoms with E-state index >= 15 is 0 Å². The predicted molar refractivity (Wildman–Crippen MR) is 82.3 cm³/mol. The highest BCUT2D eigenvalue weighted by Gasteiger charge is 2.23. The summed E-state index contributed by atoms with van der Waals surface area (Å²) in [5.41, 5.74) is -0.0123. The van der Waals surface area contributed by atoms with Crippen LogP contribution in [0.5, 0.6) is 5.75 Å². The van der Waals surface area contributed by atoms with Gasteiger partial charge in [-0.2, -0.15) is 0 Å². The molecule has 5 nitrogen and oxygen atoms in total. The molecule has 0 atom stereocenters. The van der Waals surface area contributed by atoms with Crippen molar-refractivity contribution in [3.05, 3.63) is 65.6 Å². The fourth-order valence-corrected chi connectivity index (χ4v) is 3.84. The highest BCUT2D eigenvalue weighted by Crippen LogP contribution is 2.38. The Morgan fingerprint density at radius 2 is 1.59 bits per heavy atom. The summed E-state index contributed by atoms with van der Waals surface area (Å²) in [7, 11) is -3.71. The molecule has 6 heteroatoms. The van der Waals surface area contributed by atoms with Crippen molar-refractivity contribution in [1.82, 2.24) is 0 Å². The molecule has 0 spiro atoms. The van der Waals surface area contributed by atoms with Crippen molar-refractivity contribution in [2.75, 3.05) is 0 Å². The van der Waals surface area contributed by atoms with Crippen LogP contribution in [-0.4, -0.2) is 13.5 Å². The molecule has 0 heterocycles. The molecule has 0 aliphatic rings. The van der Waals surface area contributed by atoms with Gasteiger partial charge in [0.25, 0.3) is 0 Å². The molecule has 0 amide bonds. The number of phenols is 1. The van der Waals surface area contributed by atoms with E-state index in [1.165, 1.54) is 30.3 Å². The Bertz CT molecular complexity index is 1010. The number of hydrogen-bond donors (Lipinski definition) is 1. The van der Waals surface area contributed by atoms with Crippen LogP contribution < -0.4 is 0 Å². The lowest BCUT2D eigenvalue weighted by molar-refractivity contribution is 0.484. The Hall–Kier alpha value is -2.91. The van der Waals surface area contributed by atoms with Gasteiger partial charge in [-0.05, 0) is 24.3 Å². The molecule has 0 aliphatic heterocycles. The molecule has 0 saturated carbocycles. The molecule has 0 bridgehead atoms. The first kappa shape index (κ1) is 14.0. The zero-order chi connectivity index (χ0) is 15.7. The van der Waals surface area contributed by atoms with E-state index in [0.29, 0.717) is 10.8 Å². The first-order valence-corrected chi connectivity index (χ1v) is 7.94. The van der Waals surface area contributed by atoms with Crippen LogP contribution in [0.4, 0.5) is 5.69 Å². The molecule has 1 N–H and O–H groups in total. The minimum atomic E-state index is -3.71. The number of hydrogen-bond acceptors (Lipinski definition) is 4. The molecule has 3 rings (SSSR count). The quantitative estimate of drug-likeness (QED) is 0.728. The normalized spacial score (nSPS) is 11.2. The van der Waals surface area contributed by atoms with E-state index in [1.54, 1.807) is 30.3 Å². The molecule has 22 heavy (non-hydrogen) atoms. The second-order valence-electron chi connectivity index (χ2n) is 4.70. The van der Waals surface area contributed by atoms with Gasteiger partial charge < -0.3 is 5.11 Å². The van der Waals surface area contributed by atoms with Gasteiger partial charge in [0.15, 0.2) is 4.98 Å². The van der Waals surface area contributed by atoms with Crippen molar-refractivity contribution >= 4 is 26.3 Å². The van der Waals surface area contributed by atoms with Crippen molar-refractivity contribution in [3.8, 4) is 5.75 Å². The standard InChI is InChI=1S/C16H10N2O3S/c17-18-14-10-9-12-13(16(14)19)7-4-8-15(12)22(20,21)11-5-2-1-3-6-11/h1-10H/p+1. The minimum absolute atomic E-state index is 0.0123. The maximum atomic E-state index is 12.8. The molecular formula is C16H11N2O3S+. The zero-order valence-electron chi connectivity index (χ0n) is 11.3. The summed E-state index contributed by atoms with van der Waals surface area (Å²) in [4.78, 5) is 3.24. The Morgan fingerprint density at radius 3 is 2.27 bits per heavy atom. The summed E-state index contributed by atoms with van der Waals surface area (Å²) in [6.45, 7) is 0. The van der Waals surface area contributed by atoms with Crippen molar-refractivity contribution < 1.29 is 13.5 Å². The van der Waals surface area contributed by atoms with E-state index in [4.69, 9.17) is 5.39 Å². The van der Waals surface area contributed by atoms with E-state index in [-0.39, 0.29) is 21.2 Å². The van der Waals surface area contributed by atoms with Gasteiger partial charge in [0.1, 0.15) is 0 Å². The fraction of sp³-hybridized carbons (Fsp3) is 0. The largest absolute Gasteiger partial charge is 0.501 e. The van der Waals surface area contributed by atoms with E-state index in [0.717, 1.165) is 0 Å². The molecule has 0 aliphatic carbocycles. The Morgan fingerprint density at radius 1 is 0.864 bits per heavy atom. The van der Waals surface area contributed by atoms with Gasteiger partial charge in [-0.15, -0.1) is 0 Å². The lowest BCUT2D eigenvalue weighted by atomic mass is 10.1. The van der Waals surface area contributed by atoms with Crippen LogP contribution in [0.2, 0.25) is 0 Å². The second-order valence-corrected chi connectivity index (χ2v) is 6.62. The van der Waals surface area contributed by atoms with Crippen molar-refractivity contribution in [2.45, 2.75) is 9.79 Å². The first-order chi connectivity index (χ1) is 10.6. The average molecular weight is 311 g/mol. The molecule has 0 fully saturated rings. The molecule has 0 unspecified atom stereocenters. The zero-order valence-corrected chi connectivity index (χ0v) is 12.2. The highest BCUT2D eigenvalue weighted by molar-refractivity contribution is 7.91. The summed E-state index contributed by atoms with van der Waals surface area (Å²) >= 11 is 0. The van der Waals surface area contributed by atoms with Crippen molar-refractivity contribution in [3.63, 3.8) is 0 Å². The Labute approximate surface area is 127 Å². The number of fused-ring (bicyclic) bond motifs is 1. The molecule has 3 aromatic carbocycles. The number of phenolic OH excluding ortho intramolecular Hbond substituents is 1. The van der Waals surface area contributed by atoms with Crippen LogP contribution in [-0.2, 0) is 9.84 Å². The number of nitrogens with zero attached hydrogens (tertiary/aromatic N) is 2. The van der Waals surface area contributed by atoms with Crippen molar-refractivity contribution in [2.24, 2.45) is 0 Å². The number of sulfone groups is 1. The van der Waals surface area contributed by atoms with Gasteiger partial charge in [-0.3, -0.25) is 0 Å². The van der Waals surface area contributed by atoms with Crippen LogP contribution in [0.1, 0.15) is 0 Å². The SMILES string of the molecule is N#[N+]c1ccc2c(S(=O)(=O)c3ccccc3)cccc2c1O. The van der Waals surface area contributed by atoms with Crippen LogP contribution in [0, 0.1) is 5.39 Å². The van der Waals surface area contributed by atoms with Gasteiger partial charge in [0.2, 0.25) is 21.0 Å². The highest BCUT2D eigenvalue weighted by atomic mass is 32.2. The molecule has 0 radical (unpaired) electrons.